The molecule has 150 valence electrons. The second-order valence-electron chi connectivity index (χ2n) is 6.87. The molecule has 6 heteroatoms. The molecule has 4 N–H and O–H groups in total. The van der Waals surface area contributed by atoms with Gasteiger partial charge in [-0.1, -0.05) is 25.7 Å². The average molecular weight is 386 g/mol. The van der Waals surface area contributed by atoms with Crippen molar-refractivity contribution >= 4 is 11.6 Å². The number of carbonyl (C=O) groups excluding carboxylic acids is 2. The molecule has 0 radical (unpaired) electrons. The van der Waals surface area contributed by atoms with Crippen molar-refractivity contribution in [2.75, 3.05) is 0 Å². The Balaban J connectivity index is 1.56. The van der Waals surface area contributed by atoms with Crippen LogP contribution < -0.4 is 0 Å². The Kier molecular flexibility index (Phi) is 7.87. The van der Waals surface area contributed by atoms with Crippen molar-refractivity contribution in [1.29, 1.82) is 0 Å². The Morgan fingerprint density at radius 3 is 1.25 bits per heavy atom. The maximum Gasteiger partial charge on any atom is 0.163 e. The third kappa shape index (κ3) is 6.30. The second kappa shape index (κ2) is 10.3. The van der Waals surface area contributed by atoms with Crippen LogP contribution in [0.1, 0.15) is 72.1 Å². The summed E-state index contributed by atoms with van der Waals surface area (Å²) in [5.41, 5.74) is 0.795. The Morgan fingerprint density at radius 2 is 0.893 bits per heavy atom. The van der Waals surface area contributed by atoms with Gasteiger partial charge in [0.15, 0.2) is 34.6 Å². The first-order valence-corrected chi connectivity index (χ1v) is 9.49. The third-order valence-corrected chi connectivity index (χ3v) is 4.65. The zero-order chi connectivity index (χ0) is 20.5. The van der Waals surface area contributed by atoms with Gasteiger partial charge in [0.2, 0.25) is 0 Å². The molecule has 0 amide bonds. The first-order chi connectivity index (χ1) is 13.4. The number of carbonyl (C=O) groups is 2. The predicted octanol–water partition coefficient (Wildman–Crippen LogP) is 4.70. The van der Waals surface area contributed by atoms with Crippen LogP contribution in [0.15, 0.2) is 36.4 Å². The van der Waals surface area contributed by atoms with E-state index in [1.54, 1.807) is 0 Å². The largest absolute Gasteiger partial charge is 0.504 e. The van der Waals surface area contributed by atoms with E-state index in [9.17, 15) is 30.0 Å². The minimum atomic E-state index is -0.289. The van der Waals surface area contributed by atoms with Crippen molar-refractivity contribution < 1.29 is 30.0 Å². The molecule has 0 atom stereocenters. The van der Waals surface area contributed by atoms with Gasteiger partial charge < -0.3 is 20.4 Å². The first kappa shape index (κ1) is 21.3. The fraction of sp³-hybridized carbons (Fsp3) is 0.364. The molecular weight excluding hydrogens is 360 g/mol. The van der Waals surface area contributed by atoms with E-state index >= 15 is 0 Å². The van der Waals surface area contributed by atoms with Crippen LogP contribution in [0.2, 0.25) is 0 Å². The van der Waals surface area contributed by atoms with E-state index in [4.69, 9.17) is 0 Å². The molecule has 2 aromatic carbocycles. The number of aromatic hydroxyl groups is 4. The number of phenolic OH excluding ortho intramolecular Hbond substituents is 4. The SMILES string of the molecule is O=C(CCCCCCCCC(=O)c1ccc(O)c(O)c1)c1ccc(O)c(O)c1. The summed E-state index contributed by atoms with van der Waals surface area (Å²) in [4.78, 5) is 24.1. The van der Waals surface area contributed by atoms with Gasteiger partial charge in [-0.25, -0.2) is 0 Å². The Hall–Kier alpha value is -3.02. The Morgan fingerprint density at radius 1 is 0.536 bits per heavy atom. The van der Waals surface area contributed by atoms with Gasteiger partial charge in [0.25, 0.3) is 0 Å². The molecule has 0 aliphatic carbocycles. The van der Waals surface area contributed by atoms with Gasteiger partial charge >= 0.3 is 0 Å². The molecule has 0 bridgehead atoms. The zero-order valence-corrected chi connectivity index (χ0v) is 15.7. The van der Waals surface area contributed by atoms with Gasteiger partial charge in [0.1, 0.15) is 0 Å². The molecule has 0 saturated carbocycles. The number of rotatable bonds is 11. The van der Waals surface area contributed by atoms with Crippen LogP contribution in [0.25, 0.3) is 0 Å². The summed E-state index contributed by atoms with van der Waals surface area (Å²) in [7, 11) is 0. The summed E-state index contributed by atoms with van der Waals surface area (Å²) in [6.07, 6.45) is 6.08. The van der Waals surface area contributed by atoms with E-state index in [0.717, 1.165) is 38.5 Å². The highest BCUT2D eigenvalue weighted by molar-refractivity contribution is 5.97. The highest BCUT2D eigenvalue weighted by Crippen LogP contribution is 2.26. The van der Waals surface area contributed by atoms with Crippen molar-refractivity contribution in [1.82, 2.24) is 0 Å². The number of Topliss-reactive ketones (excluding diaryl/α,β-unsaturated/α-hetero) is 2. The van der Waals surface area contributed by atoms with E-state index in [1.165, 1.54) is 36.4 Å². The minimum Gasteiger partial charge on any atom is -0.504 e. The highest BCUT2D eigenvalue weighted by atomic mass is 16.3. The fourth-order valence-electron chi connectivity index (χ4n) is 2.96. The molecule has 2 aromatic rings. The molecule has 0 unspecified atom stereocenters. The van der Waals surface area contributed by atoms with Crippen LogP contribution in [0.5, 0.6) is 23.0 Å². The van der Waals surface area contributed by atoms with Gasteiger partial charge in [-0.15, -0.1) is 0 Å². The Bertz CT molecular complexity index is 758. The monoisotopic (exact) mass is 386 g/mol. The van der Waals surface area contributed by atoms with Crippen LogP contribution in [0.3, 0.4) is 0 Å². The lowest BCUT2D eigenvalue weighted by Gasteiger charge is -2.05. The van der Waals surface area contributed by atoms with E-state index in [-0.39, 0.29) is 34.6 Å². The normalized spacial score (nSPS) is 10.7. The topological polar surface area (TPSA) is 115 Å². The summed E-state index contributed by atoms with van der Waals surface area (Å²) in [6.45, 7) is 0. The lowest BCUT2D eigenvalue weighted by molar-refractivity contribution is 0.0969. The maximum absolute atomic E-state index is 12.0. The predicted molar refractivity (Wildman–Crippen MR) is 105 cm³/mol. The summed E-state index contributed by atoms with van der Waals surface area (Å²) in [6, 6.07) is 8.18. The lowest BCUT2D eigenvalue weighted by atomic mass is 10.0. The van der Waals surface area contributed by atoms with Crippen LogP contribution in [-0.4, -0.2) is 32.0 Å². The molecule has 2 rings (SSSR count). The van der Waals surface area contributed by atoms with Crippen LogP contribution in [-0.2, 0) is 0 Å². The number of benzene rings is 2. The van der Waals surface area contributed by atoms with Crippen LogP contribution >= 0.6 is 0 Å². The third-order valence-electron chi connectivity index (χ3n) is 4.65. The summed E-state index contributed by atoms with van der Waals surface area (Å²) in [5.74, 6) is -1.17. The van der Waals surface area contributed by atoms with E-state index < -0.39 is 0 Å². The number of unbranched alkanes of at least 4 members (excludes halogenated alkanes) is 5. The average Bonchev–Trinajstić information content (AvgIpc) is 2.67. The van der Waals surface area contributed by atoms with Gasteiger partial charge in [-0.2, -0.15) is 0 Å². The second-order valence-corrected chi connectivity index (χ2v) is 6.87. The van der Waals surface area contributed by atoms with Crippen molar-refractivity contribution in [2.45, 2.75) is 51.4 Å². The quantitative estimate of drug-likeness (QED) is 0.253. The van der Waals surface area contributed by atoms with Crippen molar-refractivity contribution in [3.8, 4) is 23.0 Å². The van der Waals surface area contributed by atoms with Crippen LogP contribution in [0.4, 0.5) is 0 Å². The van der Waals surface area contributed by atoms with E-state index in [0.29, 0.717) is 24.0 Å². The minimum absolute atomic E-state index is 0.0574. The lowest BCUT2D eigenvalue weighted by Crippen LogP contribution is -1.99. The molecule has 0 aromatic heterocycles. The summed E-state index contributed by atoms with van der Waals surface area (Å²) in [5, 5.41) is 37.4. The molecule has 6 nitrogen and oxygen atoms in total. The number of ketones is 2. The van der Waals surface area contributed by atoms with Crippen molar-refractivity contribution in [3.05, 3.63) is 47.5 Å². The smallest absolute Gasteiger partial charge is 0.163 e. The molecule has 0 fully saturated rings. The Labute approximate surface area is 164 Å². The van der Waals surface area contributed by atoms with Gasteiger partial charge in [-0.05, 0) is 49.2 Å². The van der Waals surface area contributed by atoms with E-state index in [1.807, 2.05) is 0 Å². The molecule has 0 aliphatic heterocycles. The van der Waals surface area contributed by atoms with Crippen molar-refractivity contribution in [2.24, 2.45) is 0 Å². The molecule has 0 spiro atoms. The van der Waals surface area contributed by atoms with Gasteiger partial charge in [-0.3, -0.25) is 9.59 Å². The molecule has 28 heavy (non-hydrogen) atoms. The van der Waals surface area contributed by atoms with Gasteiger partial charge in [0.05, 0.1) is 0 Å². The van der Waals surface area contributed by atoms with E-state index in [2.05, 4.69) is 0 Å². The van der Waals surface area contributed by atoms with Crippen LogP contribution in [0, 0.1) is 0 Å². The first-order valence-electron chi connectivity index (χ1n) is 9.49. The molecule has 0 heterocycles. The number of hydrogen-bond acceptors (Lipinski definition) is 6. The standard InChI is InChI=1S/C22H26O6/c23-17(15-9-11-19(25)21(27)13-15)7-5-3-1-2-4-6-8-18(24)16-10-12-20(26)22(28)14-16/h9-14,25-28H,1-8H2. The number of phenols is 4. The highest BCUT2D eigenvalue weighted by Gasteiger charge is 2.10. The molecular formula is C22H26O6. The summed E-state index contributed by atoms with van der Waals surface area (Å²) >= 11 is 0. The molecule has 0 saturated heterocycles. The zero-order valence-electron chi connectivity index (χ0n) is 15.7. The number of hydrogen-bond donors (Lipinski definition) is 4. The van der Waals surface area contributed by atoms with Crippen molar-refractivity contribution in [3.63, 3.8) is 0 Å². The fourth-order valence-corrected chi connectivity index (χ4v) is 2.96. The van der Waals surface area contributed by atoms with Gasteiger partial charge in [0, 0.05) is 24.0 Å². The maximum atomic E-state index is 12.0. The summed E-state index contributed by atoms with van der Waals surface area (Å²) < 4.78 is 0. The molecule has 0 aliphatic rings.